The summed E-state index contributed by atoms with van der Waals surface area (Å²) in [5.41, 5.74) is 3.00. The van der Waals surface area contributed by atoms with Gasteiger partial charge in [-0.25, -0.2) is 4.98 Å². The van der Waals surface area contributed by atoms with Crippen LogP contribution in [0.1, 0.15) is 11.5 Å². The molecule has 0 amide bonds. The van der Waals surface area contributed by atoms with Crippen molar-refractivity contribution in [3.63, 3.8) is 0 Å². The summed E-state index contributed by atoms with van der Waals surface area (Å²) in [5.74, 6) is 1.74. The molecule has 0 aliphatic heterocycles. The molecule has 0 atom stereocenters. The van der Waals surface area contributed by atoms with E-state index in [-0.39, 0.29) is 0 Å². The Kier molecular flexibility index (Phi) is 4.61. The van der Waals surface area contributed by atoms with Gasteiger partial charge in [-0.3, -0.25) is 4.57 Å². The minimum atomic E-state index is 0.549. The molecule has 0 bridgehead atoms. The molecule has 3 heterocycles. The van der Waals surface area contributed by atoms with Gasteiger partial charge in [-0.15, -0.1) is 0 Å². The summed E-state index contributed by atoms with van der Waals surface area (Å²) in [4.78, 5) is 8.87. The van der Waals surface area contributed by atoms with Crippen molar-refractivity contribution in [2.45, 2.75) is 17.8 Å². The fourth-order valence-electron chi connectivity index (χ4n) is 2.39. The molecule has 0 saturated carbocycles. The van der Waals surface area contributed by atoms with Gasteiger partial charge in [0.25, 0.3) is 0 Å². The van der Waals surface area contributed by atoms with Gasteiger partial charge in [0.1, 0.15) is 0 Å². The predicted molar refractivity (Wildman–Crippen MR) is 100 cm³/mol. The standard InChI is InChI=1S/C17H13ClN4OS2/c1-11-13(18)3-2-4-14(11)22-7-6-19-17(22)25-10-15-20-16(21-23-15)12-5-8-24-9-12/h2-9H,10H2,1H3. The monoisotopic (exact) mass is 388 g/mol. The fourth-order valence-corrected chi connectivity index (χ4v) is 3.99. The number of benzene rings is 1. The first-order valence-corrected chi connectivity index (χ1v) is 9.80. The predicted octanol–water partition coefficient (Wildman–Crippen LogP) is 5.24. The van der Waals surface area contributed by atoms with E-state index in [4.69, 9.17) is 16.1 Å². The molecular formula is C17H13ClN4OS2. The van der Waals surface area contributed by atoms with Gasteiger partial charge in [0.15, 0.2) is 5.16 Å². The zero-order valence-electron chi connectivity index (χ0n) is 13.2. The molecular weight excluding hydrogens is 376 g/mol. The van der Waals surface area contributed by atoms with Gasteiger partial charge in [-0.1, -0.05) is 34.6 Å². The molecule has 0 fully saturated rings. The van der Waals surface area contributed by atoms with Crippen LogP contribution in [0.4, 0.5) is 0 Å². The van der Waals surface area contributed by atoms with E-state index in [1.165, 1.54) is 0 Å². The second-order valence-corrected chi connectivity index (χ2v) is 7.41. The molecule has 5 nitrogen and oxygen atoms in total. The van der Waals surface area contributed by atoms with Crippen molar-refractivity contribution in [3.05, 3.63) is 63.9 Å². The van der Waals surface area contributed by atoms with Gasteiger partial charge in [0.05, 0.1) is 11.4 Å². The van der Waals surface area contributed by atoms with Crippen molar-refractivity contribution in [3.8, 4) is 17.1 Å². The lowest BCUT2D eigenvalue weighted by Crippen LogP contribution is -1.98. The number of hydrogen-bond donors (Lipinski definition) is 0. The lowest BCUT2D eigenvalue weighted by Gasteiger charge is -2.10. The summed E-state index contributed by atoms with van der Waals surface area (Å²) >= 11 is 9.38. The maximum atomic E-state index is 6.23. The zero-order valence-corrected chi connectivity index (χ0v) is 15.6. The SMILES string of the molecule is Cc1c(Cl)cccc1-n1ccnc1SCc1nc(-c2ccsc2)no1. The molecule has 4 aromatic rings. The molecule has 0 unspecified atom stereocenters. The number of imidazole rings is 1. The van der Waals surface area contributed by atoms with E-state index in [0.717, 1.165) is 27.0 Å². The number of halogens is 1. The second kappa shape index (κ2) is 7.03. The quantitative estimate of drug-likeness (QED) is 0.437. The third kappa shape index (κ3) is 3.35. The molecule has 8 heteroatoms. The smallest absolute Gasteiger partial charge is 0.237 e. The van der Waals surface area contributed by atoms with Crippen molar-refractivity contribution in [1.29, 1.82) is 0 Å². The number of thioether (sulfide) groups is 1. The highest BCUT2D eigenvalue weighted by Crippen LogP contribution is 2.28. The minimum Gasteiger partial charge on any atom is -0.338 e. The van der Waals surface area contributed by atoms with Crippen molar-refractivity contribution < 1.29 is 4.52 Å². The molecule has 0 N–H and O–H groups in total. The Balaban J connectivity index is 1.53. The maximum Gasteiger partial charge on any atom is 0.237 e. The van der Waals surface area contributed by atoms with E-state index in [0.29, 0.717) is 17.5 Å². The normalized spacial score (nSPS) is 11.1. The molecule has 126 valence electrons. The number of aromatic nitrogens is 4. The topological polar surface area (TPSA) is 56.7 Å². The molecule has 3 aromatic heterocycles. The summed E-state index contributed by atoms with van der Waals surface area (Å²) < 4.78 is 7.36. The van der Waals surface area contributed by atoms with Crippen LogP contribution in [0.15, 0.2) is 57.1 Å². The molecule has 4 rings (SSSR count). The Labute approximate surface area is 157 Å². The van der Waals surface area contributed by atoms with E-state index < -0.39 is 0 Å². The minimum absolute atomic E-state index is 0.549. The van der Waals surface area contributed by atoms with Crippen molar-refractivity contribution >= 4 is 34.7 Å². The molecule has 0 aliphatic rings. The summed E-state index contributed by atoms with van der Waals surface area (Å²) in [6.07, 6.45) is 3.69. The highest BCUT2D eigenvalue weighted by Gasteiger charge is 2.13. The average Bonchev–Trinajstić information content (AvgIpc) is 3.36. The molecule has 0 saturated heterocycles. The van der Waals surface area contributed by atoms with E-state index in [1.54, 1.807) is 29.3 Å². The lowest BCUT2D eigenvalue weighted by molar-refractivity contribution is 0.391. The van der Waals surface area contributed by atoms with Crippen LogP contribution in [0.25, 0.3) is 17.1 Å². The van der Waals surface area contributed by atoms with E-state index in [2.05, 4.69) is 15.1 Å². The fraction of sp³-hybridized carbons (Fsp3) is 0.118. The van der Waals surface area contributed by atoms with Crippen LogP contribution in [-0.4, -0.2) is 19.7 Å². The van der Waals surface area contributed by atoms with Crippen molar-refractivity contribution in [2.24, 2.45) is 0 Å². The molecule has 0 spiro atoms. The maximum absolute atomic E-state index is 6.23. The van der Waals surface area contributed by atoms with Crippen LogP contribution in [-0.2, 0) is 5.75 Å². The van der Waals surface area contributed by atoms with Crippen molar-refractivity contribution in [1.82, 2.24) is 19.7 Å². The summed E-state index contributed by atoms with van der Waals surface area (Å²) in [7, 11) is 0. The average molecular weight is 389 g/mol. The van der Waals surface area contributed by atoms with Crippen molar-refractivity contribution in [2.75, 3.05) is 0 Å². The van der Waals surface area contributed by atoms with Crippen LogP contribution < -0.4 is 0 Å². The Morgan fingerprint density at radius 1 is 1.32 bits per heavy atom. The lowest BCUT2D eigenvalue weighted by atomic mass is 10.2. The Hall–Kier alpha value is -2.09. The number of rotatable bonds is 5. The molecule has 1 aromatic carbocycles. The second-order valence-electron chi connectivity index (χ2n) is 5.28. The largest absolute Gasteiger partial charge is 0.338 e. The third-order valence-corrected chi connectivity index (χ3v) is 5.72. The van der Waals surface area contributed by atoms with E-state index in [1.807, 2.05) is 52.7 Å². The van der Waals surface area contributed by atoms with Crippen LogP contribution in [0, 0.1) is 6.92 Å². The van der Waals surface area contributed by atoms with Crippen LogP contribution >= 0.6 is 34.7 Å². The van der Waals surface area contributed by atoms with Gasteiger partial charge in [0, 0.05) is 28.4 Å². The van der Waals surface area contributed by atoms with Gasteiger partial charge < -0.3 is 4.52 Å². The molecule has 0 aliphatic carbocycles. The van der Waals surface area contributed by atoms with E-state index >= 15 is 0 Å². The van der Waals surface area contributed by atoms with Gasteiger partial charge in [0.2, 0.25) is 11.7 Å². The van der Waals surface area contributed by atoms with Gasteiger partial charge in [-0.05, 0) is 36.1 Å². The first-order chi connectivity index (χ1) is 12.2. The summed E-state index contributed by atoms with van der Waals surface area (Å²) in [5, 5.41) is 9.60. The number of hydrogen-bond acceptors (Lipinski definition) is 6. The van der Waals surface area contributed by atoms with Crippen LogP contribution in [0.5, 0.6) is 0 Å². The first-order valence-electron chi connectivity index (χ1n) is 7.49. The Morgan fingerprint density at radius 3 is 3.08 bits per heavy atom. The zero-order chi connectivity index (χ0) is 17.2. The number of nitrogens with zero attached hydrogens (tertiary/aromatic N) is 4. The Bertz CT molecular complexity index is 994. The Morgan fingerprint density at radius 2 is 2.24 bits per heavy atom. The van der Waals surface area contributed by atoms with Gasteiger partial charge >= 0.3 is 0 Å². The number of thiophene rings is 1. The first kappa shape index (κ1) is 16.4. The summed E-state index contributed by atoms with van der Waals surface area (Å²) in [6.45, 7) is 2.00. The summed E-state index contributed by atoms with van der Waals surface area (Å²) in [6, 6.07) is 7.81. The highest BCUT2D eigenvalue weighted by molar-refractivity contribution is 7.98. The van der Waals surface area contributed by atoms with Crippen LogP contribution in [0.2, 0.25) is 5.02 Å². The molecule has 25 heavy (non-hydrogen) atoms. The van der Waals surface area contributed by atoms with Crippen LogP contribution in [0.3, 0.4) is 0 Å². The van der Waals surface area contributed by atoms with Gasteiger partial charge in [-0.2, -0.15) is 16.3 Å². The highest BCUT2D eigenvalue weighted by atomic mass is 35.5. The third-order valence-electron chi connectivity index (χ3n) is 3.68. The van der Waals surface area contributed by atoms with E-state index in [9.17, 15) is 0 Å². The molecule has 0 radical (unpaired) electrons.